The molecule has 96 valence electrons. The molecule has 1 unspecified atom stereocenters. The molecule has 1 atom stereocenters. The number of Topliss-reactive ketones (excluding diaryl/α,β-unsaturated/α-hetero) is 1. The molecule has 1 aliphatic rings. The van der Waals surface area contributed by atoms with Crippen LogP contribution in [0.15, 0.2) is 23.1 Å². The van der Waals surface area contributed by atoms with E-state index >= 15 is 0 Å². The number of thioether (sulfide) groups is 1. The molecular formula is C14H16O3S. The van der Waals surface area contributed by atoms with Gasteiger partial charge in [0.25, 0.3) is 0 Å². The van der Waals surface area contributed by atoms with Crippen LogP contribution in [0.4, 0.5) is 0 Å². The summed E-state index contributed by atoms with van der Waals surface area (Å²) in [5.41, 5.74) is 1.71. The van der Waals surface area contributed by atoms with Gasteiger partial charge in [0.05, 0.1) is 6.42 Å². The smallest absolute Gasteiger partial charge is 0.303 e. The average Bonchev–Trinajstić information content (AvgIpc) is 2.50. The second-order valence-electron chi connectivity index (χ2n) is 4.63. The van der Waals surface area contributed by atoms with Crippen molar-refractivity contribution in [1.29, 1.82) is 0 Å². The van der Waals surface area contributed by atoms with Crippen molar-refractivity contribution in [3.05, 3.63) is 29.3 Å². The predicted octanol–water partition coefficient (Wildman–Crippen LogP) is 3.33. The van der Waals surface area contributed by atoms with Gasteiger partial charge >= 0.3 is 5.97 Å². The summed E-state index contributed by atoms with van der Waals surface area (Å²) >= 11 is 1.71. The maximum absolute atomic E-state index is 12.0. The minimum Gasteiger partial charge on any atom is -0.481 e. The van der Waals surface area contributed by atoms with Crippen LogP contribution in [0.25, 0.3) is 0 Å². The van der Waals surface area contributed by atoms with Gasteiger partial charge in [-0.05, 0) is 35.8 Å². The maximum Gasteiger partial charge on any atom is 0.303 e. The lowest BCUT2D eigenvalue weighted by molar-refractivity contribution is -0.137. The third-order valence-electron chi connectivity index (χ3n) is 3.16. The number of carboxylic acid groups (broad SMARTS) is 1. The maximum atomic E-state index is 12.0. The molecule has 0 saturated heterocycles. The third-order valence-corrected chi connectivity index (χ3v) is 4.32. The standard InChI is InChI=1S/C14H16O3S/c1-9(7-14(16)17)10-4-5-13-11(8-10)12(15)3-2-6-18-13/h4-5,8-9H,2-3,6-7H2,1H3,(H,16,17). The normalized spacial score (nSPS) is 16.8. The first-order valence-electron chi connectivity index (χ1n) is 6.09. The molecular weight excluding hydrogens is 248 g/mol. The van der Waals surface area contributed by atoms with Gasteiger partial charge in [0.2, 0.25) is 0 Å². The second kappa shape index (κ2) is 5.57. The van der Waals surface area contributed by atoms with Gasteiger partial charge in [0, 0.05) is 16.9 Å². The van der Waals surface area contributed by atoms with Gasteiger partial charge in [-0.15, -0.1) is 11.8 Å². The Morgan fingerprint density at radius 1 is 1.50 bits per heavy atom. The fourth-order valence-electron chi connectivity index (χ4n) is 2.13. The fraction of sp³-hybridized carbons (Fsp3) is 0.429. The van der Waals surface area contributed by atoms with Crippen molar-refractivity contribution in [1.82, 2.24) is 0 Å². The van der Waals surface area contributed by atoms with Crippen LogP contribution in [0.3, 0.4) is 0 Å². The Morgan fingerprint density at radius 2 is 2.28 bits per heavy atom. The van der Waals surface area contributed by atoms with Gasteiger partial charge < -0.3 is 5.11 Å². The number of ketones is 1. The molecule has 1 aliphatic heterocycles. The van der Waals surface area contributed by atoms with Crippen molar-refractivity contribution in [2.45, 2.75) is 37.0 Å². The molecule has 0 bridgehead atoms. The summed E-state index contributed by atoms with van der Waals surface area (Å²) in [5, 5.41) is 8.81. The van der Waals surface area contributed by atoms with Gasteiger partial charge in [0.15, 0.2) is 5.78 Å². The predicted molar refractivity (Wildman–Crippen MR) is 71.4 cm³/mol. The minimum absolute atomic E-state index is 0.0612. The Balaban J connectivity index is 2.30. The summed E-state index contributed by atoms with van der Waals surface area (Å²) in [6.07, 6.45) is 1.61. The number of carbonyl (C=O) groups is 2. The van der Waals surface area contributed by atoms with E-state index in [9.17, 15) is 9.59 Å². The van der Waals surface area contributed by atoms with Crippen molar-refractivity contribution < 1.29 is 14.7 Å². The topological polar surface area (TPSA) is 54.4 Å². The summed E-state index contributed by atoms with van der Waals surface area (Å²) in [5.74, 6) is 0.286. The molecule has 0 aromatic heterocycles. The van der Waals surface area contributed by atoms with E-state index in [1.807, 2.05) is 25.1 Å². The quantitative estimate of drug-likeness (QED) is 0.909. The fourth-order valence-corrected chi connectivity index (χ4v) is 3.13. The van der Waals surface area contributed by atoms with Crippen molar-refractivity contribution in [2.24, 2.45) is 0 Å². The molecule has 3 nitrogen and oxygen atoms in total. The minimum atomic E-state index is -0.807. The van der Waals surface area contributed by atoms with E-state index in [1.54, 1.807) is 11.8 Å². The van der Waals surface area contributed by atoms with Crippen LogP contribution in [-0.4, -0.2) is 22.6 Å². The molecule has 18 heavy (non-hydrogen) atoms. The van der Waals surface area contributed by atoms with Crippen LogP contribution >= 0.6 is 11.8 Å². The Hall–Kier alpha value is -1.29. The first-order valence-corrected chi connectivity index (χ1v) is 7.08. The van der Waals surface area contributed by atoms with Gasteiger partial charge in [0.1, 0.15) is 0 Å². The molecule has 1 aromatic rings. The van der Waals surface area contributed by atoms with E-state index in [1.165, 1.54) is 0 Å². The number of hydrogen-bond donors (Lipinski definition) is 1. The molecule has 2 rings (SSSR count). The zero-order chi connectivity index (χ0) is 13.1. The summed E-state index contributed by atoms with van der Waals surface area (Å²) in [6.45, 7) is 1.88. The molecule has 0 fully saturated rings. The average molecular weight is 264 g/mol. The highest BCUT2D eigenvalue weighted by atomic mass is 32.2. The summed E-state index contributed by atoms with van der Waals surface area (Å²) in [4.78, 5) is 23.7. The molecule has 1 heterocycles. The van der Waals surface area contributed by atoms with E-state index in [4.69, 9.17) is 5.11 Å². The van der Waals surface area contributed by atoms with Crippen LogP contribution < -0.4 is 0 Å². The van der Waals surface area contributed by atoms with E-state index in [0.717, 1.165) is 28.2 Å². The lowest BCUT2D eigenvalue weighted by Gasteiger charge is -2.12. The van der Waals surface area contributed by atoms with Crippen molar-refractivity contribution in [3.63, 3.8) is 0 Å². The molecule has 0 amide bonds. The lowest BCUT2D eigenvalue weighted by atomic mass is 9.94. The Bertz CT molecular complexity index is 482. The Kier molecular flexibility index (Phi) is 4.07. The first-order chi connectivity index (χ1) is 8.58. The van der Waals surface area contributed by atoms with Crippen LogP contribution in [-0.2, 0) is 4.79 Å². The molecule has 0 radical (unpaired) electrons. The molecule has 4 heteroatoms. The molecule has 0 spiro atoms. The highest BCUT2D eigenvalue weighted by Crippen LogP contribution is 2.32. The molecule has 1 N–H and O–H groups in total. The van der Waals surface area contributed by atoms with Crippen LogP contribution in [0, 0.1) is 0 Å². The van der Waals surface area contributed by atoms with Crippen molar-refractivity contribution in [2.75, 3.05) is 5.75 Å². The van der Waals surface area contributed by atoms with Crippen molar-refractivity contribution >= 4 is 23.5 Å². The van der Waals surface area contributed by atoms with E-state index in [-0.39, 0.29) is 18.1 Å². The van der Waals surface area contributed by atoms with Gasteiger partial charge in [-0.3, -0.25) is 9.59 Å². The highest BCUT2D eigenvalue weighted by Gasteiger charge is 2.18. The highest BCUT2D eigenvalue weighted by molar-refractivity contribution is 7.99. The lowest BCUT2D eigenvalue weighted by Crippen LogP contribution is -2.05. The van der Waals surface area contributed by atoms with Crippen LogP contribution in [0.1, 0.15) is 48.0 Å². The number of rotatable bonds is 3. The summed E-state index contributed by atoms with van der Waals surface area (Å²) < 4.78 is 0. The largest absolute Gasteiger partial charge is 0.481 e. The van der Waals surface area contributed by atoms with Crippen LogP contribution in [0.5, 0.6) is 0 Å². The SMILES string of the molecule is CC(CC(=O)O)c1ccc2c(c1)C(=O)CCCS2. The Morgan fingerprint density at radius 3 is 3.00 bits per heavy atom. The van der Waals surface area contributed by atoms with Crippen molar-refractivity contribution in [3.8, 4) is 0 Å². The zero-order valence-electron chi connectivity index (χ0n) is 10.3. The summed E-state index contributed by atoms with van der Waals surface area (Å²) in [7, 11) is 0. The number of benzene rings is 1. The summed E-state index contributed by atoms with van der Waals surface area (Å²) in [6, 6.07) is 5.78. The van der Waals surface area contributed by atoms with Gasteiger partial charge in [-0.25, -0.2) is 0 Å². The zero-order valence-corrected chi connectivity index (χ0v) is 11.1. The number of carbonyl (C=O) groups excluding carboxylic acids is 1. The van der Waals surface area contributed by atoms with Gasteiger partial charge in [-0.2, -0.15) is 0 Å². The van der Waals surface area contributed by atoms with E-state index in [2.05, 4.69) is 0 Å². The van der Waals surface area contributed by atoms with E-state index < -0.39 is 5.97 Å². The Labute approximate surface area is 111 Å². The molecule has 1 aromatic carbocycles. The van der Waals surface area contributed by atoms with Gasteiger partial charge in [-0.1, -0.05) is 13.0 Å². The number of aliphatic carboxylic acids is 1. The monoisotopic (exact) mass is 264 g/mol. The second-order valence-corrected chi connectivity index (χ2v) is 5.77. The van der Waals surface area contributed by atoms with Crippen LogP contribution in [0.2, 0.25) is 0 Å². The third kappa shape index (κ3) is 2.93. The number of carboxylic acids is 1. The first kappa shape index (κ1) is 13.1. The number of hydrogen-bond acceptors (Lipinski definition) is 3. The number of fused-ring (bicyclic) bond motifs is 1. The molecule has 0 saturated carbocycles. The molecule has 0 aliphatic carbocycles. The van der Waals surface area contributed by atoms with E-state index in [0.29, 0.717) is 6.42 Å².